The highest BCUT2D eigenvalue weighted by atomic mass is 35.5. The molecule has 0 heterocycles. The largest absolute Gasteiger partial charge is 0.490 e. The molecule has 0 aromatic heterocycles. The predicted molar refractivity (Wildman–Crippen MR) is 76.8 cm³/mol. The Balaban J connectivity index is 2.46. The maximum absolute atomic E-state index is 8.74. The summed E-state index contributed by atoms with van der Waals surface area (Å²) in [6.45, 7) is 2.06. The van der Waals surface area contributed by atoms with E-state index < -0.39 is 0 Å². The van der Waals surface area contributed by atoms with Crippen LogP contribution in [0.4, 0.5) is 0 Å². The summed E-state index contributed by atoms with van der Waals surface area (Å²) >= 11 is 6.00. The van der Waals surface area contributed by atoms with Crippen molar-refractivity contribution in [1.29, 1.82) is 0 Å². The summed E-state index contributed by atoms with van der Waals surface area (Å²) in [5.74, 6) is 0.361. The molecule has 6 nitrogen and oxygen atoms in total. The summed E-state index contributed by atoms with van der Waals surface area (Å²) in [6.07, 6.45) is 0.836. The van der Waals surface area contributed by atoms with E-state index in [4.69, 9.17) is 36.8 Å². The Hall–Kier alpha value is -1.50. The average Bonchev–Trinajstić information content (AvgIpc) is 2.45. The van der Waals surface area contributed by atoms with Crippen molar-refractivity contribution >= 4 is 17.4 Å². The van der Waals surface area contributed by atoms with Gasteiger partial charge in [-0.1, -0.05) is 22.8 Å². The second-order valence-electron chi connectivity index (χ2n) is 3.91. The third-order valence-corrected chi connectivity index (χ3v) is 2.78. The van der Waals surface area contributed by atoms with Gasteiger partial charge in [0.05, 0.1) is 17.2 Å². The zero-order valence-corrected chi connectivity index (χ0v) is 12.1. The number of hydrogen-bond donors (Lipinski definition) is 2. The molecule has 0 bridgehead atoms. The molecule has 20 heavy (non-hydrogen) atoms. The molecule has 1 rings (SSSR count). The summed E-state index contributed by atoms with van der Waals surface area (Å²) in [5, 5.41) is 12.0. The molecule has 0 spiro atoms. The third kappa shape index (κ3) is 5.24. The number of nitrogens with two attached hydrogens (primary N) is 1. The Morgan fingerprint density at radius 3 is 2.80 bits per heavy atom. The van der Waals surface area contributed by atoms with E-state index in [2.05, 4.69) is 5.16 Å². The van der Waals surface area contributed by atoms with Crippen molar-refractivity contribution in [2.24, 2.45) is 10.9 Å². The van der Waals surface area contributed by atoms with Gasteiger partial charge in [-0.3, -0.25) is 0 Å². The lowest BCUT2D eigenvalue weighted by Gasteiger charge is -2.12. The van der Waals surface area contributed by atoms with Crippen LogP contribution in [0, 0.1) is 0 Å². The van der Waals surface area contributed by atoms with E-state index >= 15 is 0 Å². The predicted octanol–water partition coefficient (Wildman–Crippen LogP) is 1.87. The van der Waals surface area contributed by atoms with Crippen LogP contribution < -0.4 is 10.5 Å². The monoisotopic (exact) mass is 302 g/mol. The molecular weight excluding hydrogens is 284 g/mol. The van der Waals surface area contributed by atoms with Gasteiger partial charge in [0.15, 0.2) is 5.84 Å². The summed E-state index contributed by atoms with van der Waals surface area (Å²) in [7, 11) is 1.65. The lowest BCUT2D eigenvalue weighted by Crippen LogP contribution is -2.17. The average molecular weight is 303 g/mol. The highest BCUT2D eigenvalue weighted by molar-refractivity contribution is 6.34. The van der Waals surface area contributed by atoms with Crippen molar-refractivity contribution in [2.75, 3.05) is 33.5 Å². The fourth-order valence-electron chi connectivity index (χ4n) is 1.54. The fourth-order valence-corrected chi connectivity index (χ4v) is 1.80. The van der Waals surface area contributed by atoms with Crippen LogP contribution in [0.25, 0.3) is 0 Å². The van der Waals surface area contributed by atoms with Crippen molar-refractivity contribution in [1.82, 2.24) is 0 Å². The number of ether oxygens (including phenoxy) is 3. The summed E-state index contributed by atoms with van der Waals surface area (Å²) in [6, 6.07) is 5.07. The van der Waals surface area contributed by atoms with Gasteiger partial charge in [-0.05, 0) is 18.6 Å². The normalized spacial score (nSPS) is 11.6. The molecule has 0 radical (unpaired) electrons. The highest BCUT2D eigenvalue weighted by Gasteiger charge is 2.12. The van der Waals surface area contributed by atoms with Gasteiger partial charge in [0.1, 0.15) is 12.4 Å². The van der Waals surface area contributed by atoms with Crippen molar-refractivity contribution in [2.45, 2.75) is 6.42 Å². The maximum Gasteiger partial charge on any atom is 0.175 e. The number of oxime groups is 1. The molecule has 0 aliphatic rings. The van der Waals surface area contributed by atoms with Crippen molar-refractivity contribution in [3.05, 3.63) is 28.8 Å². The van der Waals surface area contributed by atoms with Crippen molar-refractivity contribution < 1.29 is 19.4 Å². The van der Waals surface area contributed by atoms with E-state index in [1.807, 2.05) is 0 Å². The van der Waals surface area contributed by atoms with E-state index in [-0.39, 0.29) is 5.84 Å². The first kappa shape index (κ1) is 16.6. The first-order chi connectivity index (χ1) is 9.70. The topological polar surface area (TPSA) is 86.3 Å². The van der Waals surface area contributed by atoms with E-state index in [0.717, 1.165) is 6.42 Å². The molecule has 3 N–H and O–H groups in total. The lowest BCUT2D eigenvalue weighted by atomic mass is 10.2. The molecule has 1 aromatic carbocycles. The van der Waals surface area contributed by atoms with Crippen LogP contribution in [0.2, 0.25) is 5.02 Å². The molecule has 0 aliphatic heterocycles. The van der Waals surface area contributed by atoms with Crippen LogP contribution in [-0.2, 0) is 9.47 Å². The quantitative estimate of drug-likeness (QED) is 0.239. The van der Waals surface area contributed by atoms with E-state index in [0.29, 0.717) is 42.8 Å². The molecule has 0 aliphatic carbocycles. The number of methoxy groups -OCH3 is 1. The Kier molecular flexibility index (Phi) is 7.79. The molecule has 0 saturated heterocycles. The number of nitrogens with zero attached hydrogens (tertiary/aromatic N) is 1. The summed E-state index contributed by atoms with van der Waals surface area (Å²) < 4.78 is 15.8. The van der Waals surface area contributed by atoms with Crippen LogP contribution in [0.1, 0.15) is 12.0 Å². The molecule has 1 aromatic rings. The first-order valence-corrected chi connectivity index (χ1v) is 6.54. The van der Waals surface area contributed by atoms with Crippen molar-refractivity contribution in [3.8, 4) is 5.75 Å². The molecule has 0 amide bonds. The summed E-state index contributed by atoms with van der Waals surface area (Å²) in [5.41, 5.74) is 5.94. The van der Waals surface area contributed by atoms with Crippen LogP contribution in [0.3, 0.4) is 0 Å². The third-order valence-electron chi connectivity index (χ3n) is 2.46. The summed E-state index contributed by atoms with van der Waals surface area (Å²) in [4.78, 5) is 0. The van der Waals surface area contributed by atoms with Crippen LogP contribution in [-0.4, -0.2) is 44.6 Å². The number of rotatable bonds is 9. The minimum atomic E-state index is -0.0911. The van der Waals surface area contributed by atoms with Gasteiger partial charge in [0.25, 0.3) is 0 Å². The molecule has 0 atom stereocenters. The van der Waals surface area contributed by atoms with Gasteiger partial charge >= 0.3 is 0 Å². The van der Waals surface area contributed by atoms with Gasteiger partial charge < -0.3 is 25.2 Å². The zero-order chi connectivity index (χ0) is 14.8. The number of halogens is 1. The molecule has 7 heteroatoms. The highest BCUT2D eigenvalue weighted by Crippen LogP contribution is 2.26. The lowest BCUT2D eigenvalue weighted by molar-refractivity contribution is 0.0806. The zero-order valence-electron chi connectivity index (χ0n) is 11.3. The van der Waals surface area contributed by atoms with E-state index in [9.17, 15) is 0 Å². The second kappa shape index (κ2) is 9.41. The standard InChI is InChI=1S/C13H19ClN2O4/c1-18-6-3-7-19-8-9-20-11-5-2-4-10(14)12(11)13(15)16-17/h2,4-5,17H,3,6-9H2,1H3,(H2,15,16). The maximum atomic E-state index is 8.74. The van der Waals surface area contributed by atoms with Gasteiger partial charge in [-0.2, -0.15) is 0 Å². The number of amidine groups is 1. The SMILES string of the molecule is COCCCOCCOc1cccc(Cl)c1/C(N)=N/O. The fraction of sp³-hybridized carbons (Fsp3) is 0.462. The van der Waals surface area contributed by atoms with Gasteiger partial charge in [-0.25, -0.2) is 0 Å². The second-order valence-corrected chi connectivity index (χ2v) is 4.31. The molecular formula is C13H19ClN2O4. The van der Waals surface area contributed by atoms with Crippen LogP contribution in [0.5, 0.6) is 5.75 Å². The van der Waals surface area contributed by atoms with E-state index in [1.165, 1.54) is 0 Å². The Morgan fingerprint density at radius 2 is 2.10 bits per heavy atom. The van der Waals surface area contributed by atoms with Crippen LogP contribution in [0.15, 0.2) is 23.4 Å². The number of benzene rings is 1. The molecule has 112 valence electrons. The van der Waals surface area contributed by atoms with Gasteiger partial charge in [-0.15, -0.1) is 0 Å². The van der Waals surface area contributed by atoms with Gasteiger partial charge in [0, 0.05) is 20.3 Å². The van der Waals surface area contributed by atoms with E-state index in [1.54, 1.807) is 25.3 Å². The molecule has 0 unspecified atom stereocenters. The van der Waals surface area contributed by atoms with Crippen LogP contribution >= 0.6 is 11.6 Å². The minimum Gasteiger partial charge on any atom is -0.490 e. The number of hydrogen-bond acceptors (Lipinski definition) is 5. The molecule has 0 fully saturated rings. The Labute approximate surface area is 123 Å². The Morgan fingerprint density at radius 1 is 1.30 bits per heavy atom. The van der Waals surface area contributed by atoms with Crippen molar-refractivity contribution in [3.63, 3.8) is 0 Å². The van der Waals surface area contributed by atoms with Gasteiger partial charge in [0.2, 0.25) is 0 Å². The minimum absolute atomic E-state index is 0.0911. The Bertz CT molecular complexity index is 440. The molecule has 0 saturated carbocycles. The first-order valence-electron chi connectivity index (χ1n) is 6.16. The smallest absolute Gasteiger partial charge is 0.175 e.